The molecule has 0 aliphatic heterocycles. The number of hydrogen-bond acceptors (Lipinski definition) is 2. The lowest BCUT2D eigenvalue weighted by Gasteiger charge is -2.40. The summed E-state index contributed by atoms with van der Waals surface area (Å²) in [5.74, 6) is 0. The molecule has 1 N–H and O–H groups in total. The molecule has 0 radical (unpaired) electrons. The van der Waals surface area contributed by atoms with E-state index in [2.05, 4.69) is 30.4 Å². The maximum atomic E-state index is 6.34. The Hall–Kier alpha value is -0.570. The second-order valence-corrected chi connectivity index (χ2v) is 6.55. The predicted molar refractivity (Wildman–Crippen MR) is 90.0 cm³/mol. The normalized spacial score (nSPS) is 20.0. The Kier molecular flexibility index (Phi) is 6.09. The molecule has 1 fully saturated rings. The van der Waals surface area contributed by atoms with E-state index >= 15 is 0 Å². The van der Waals surface area contributed by atoms with Crippen molar-refractivity contribution in [2.45, 2.75) is 64.0 Å². The van der Waals surface area contributed by atoms with Crippen LogP contribution < -0.4 is 5.32 Å². The summed E-state index contributed by atoms with van der Waals surface area (Å²) in [4.78, 5) is 0. The average molecular weight is 310 g/mol. The Bertz CT molecular complexity index is 453. The Morgan fingerprint density at radius 3 is 2.43 bits per heavy atom. The molecule has 21 heavy (non-hydrogen) atoms. The monoisotopic (exact) mass is 309 g/mol. The standard InChI is InChI=1S/C18H28ClNO/c1-4-21-18(11-7-5-6-8-12-18)17(20-3)15-10-9-14(2)16(19)13-15/h9-10,13,17,20H,4-8,11-12H2,1-3H3. The molecule has 1 aliphatic carbocycles. The molecular formula is C18H28ClNO. The van der Waals surface area contributed by atoms with Crippen molar-refractivity contribution in [1.29, 1.82) is 0 Å². The smallest absolute Gasteiger partial charge is 0.0876 e. The van der Waals surface area contributed by atoms with Crippen LogP contribution in [0.25, 0.3) is 0 Å². The van der Waals surface area contributed by atoms with Gasteiger partial charge in [0, 0.05) is 11.6 Å². The molecule has 118 valence electrons. The van der Waals surface area contributed by atoms with Gasteiger partial charge in [-0.15, -0.1) is 0 Å². The van der Waals surface area contributed by atoms with E-state index in [4.69, 9.17) is 16.3 Å². The van der Waals surface area contributed by atoms with E-state index in [-0.39, 0.29) is 11.6 Å². The van der Waals surface area contributed by atoms with Crippen molar-refractivity contribution in [1.82, 2.24) is 5.32 Å². The van der Waals surface area contributed by atoms with Gasteiger partial charge in [0.1, 0.15) is 0 Å². The first-order valence-electron chi connectivity index (χ1n) is 8.20. The Balaban J connectivity index is 2.36. The minimum Gasteiger partial charge on any atom is -0.373 e. The van der Waals surface area contributed by atoms with Gasteiger partial charge in [0.05, 0.1) is 11.6 Å². The second kappa shape index (κ2) is 7.62. The van der Waals surface area contributed by atoms with Gasteiger partial charge in [-0.25, -0.2) is 0 Å². The first kappa shape index (κ1) is 16.8. The molecule has 0 aromatic heterocycles. The molecular weight excluding hydrogens is 282 g/mol. The van der Waals surface area contributed by atoms with E-state index in [1.165, 1.54) is 31.2 Å². The van der Waals surface area contributed by atoms with E-state index < -0.39 is 0 Å². The lowest BCUT2D eigenvalue weighted by molar-refractivity contribution is -0.0766. The van der Waals surface area contributed by atoms with Crippen LogP contribution >= 0.6 is 11.6 Å². The number of rotatable bonds is 5. The molecule has 0 heterocycles. The SMILES string of the molecule is CCOC1(C(NC)c2ccc(C)c(Cl)c2)CCCCCC1. The van der Waals surface area contributed by atoms with Crippen molar-refractivity contribution in [2.75, 3.05) is 13.7 Å². The maximum Gasteiger partial charge on any atom is 0.0876 e. The number of nitrogens with one attached hydrogen (secondary N) is 1. The van der Waals surface area contributed by atoms with Gasteiger partial charge in [-0.2, -0.15) is 0 Å². The zero-order chi connectivity index (χ0) is 15.3. The molecule has 0 saturated heterocycles. The highest BCUT2D eigenvalue weighted by atomic mass is 35.5. The maximum absolute atomic E-state index is 6.34. The minimum absolute atomic E-state index is 0.0986. The molecule has 0 bridgehead atoms. The second-order valence-electron chi connectivity index (χ2n) is 6.14. The van der Waals surface area contributed by atoms with Crippen LogP contribution in [0.15, 0.2) is 18.2 Å². The van der Waals surface area contributed by atoms with Gasteiger partial charge in [0.15, 0.2) is 0 Å². The minimum atomic E-state index is -0.0986. The Labute approximate surface area is 134 Å². The van der Waals surface area contributed by atoms with E-state index in [9.17, 15) is 0 Å². The van der Waals surface area contributed by atoms with Crippen LogP contribution in [0.1, 0.15) is 62.6 Å². The topological polar surface area (TPSA) is 21.3 Å². The van der Waals surface area contributed by atoms with Crippen LogP contribution in [0.3, 0.4) is 0 Å². The Morgan fingerprint density at radius 2 is 1.90 bits per heavy atom. The molecule has 1 aromatic carbocycles. The predicted octanol–water partition coefficient (Wildman–Crippen LogP) is 5.04. The van der Waals surface area contributed by atoms with Crippen molar-refractivity contribution in [2.24, 2.45) is 0 Å². The van der Waals surface area contributed by atoms with Gasteiger partial charge in [0.2, 0.25) is 0 Å². The summed E-state index contributed by atoms with van der Waals surface area (Å²) in [5.41, 5.74) is 2.27. The van der Waals surface area contributed by atoms with Gasteiger partial charge in [-0.1, -0.05) is 49.4 Å². The van der Waals surface area contributed by atoms with Crippen LogP contribution in [0, 0.1) is 6.92 Å². The third-order valence-corrected chi connectivity index (χ3v) is 5.13. The van der Waals surface area contributed by atoms with Gasteiger partial charge in [-0.05, 0) is 50.9 Å². The van der Waals surface area contributed by atoms with Crippen molar-refractivity contribution in [3.05, 3.63) is 34.3 Å². The highest BCUT2D eigenvalue weighted by Gasteiger charge is 2.40. The largest absolute Gasteiger partial charge is 0.373 e. The van der Waals surface area contributed by atoms with Gasteiger partial charge >= 0.3 is 0 Å². The molecule has 2 rings (SSSR count). The summed E-state index contributed by atoms with van der Waals surface area (Å²) >= 11 is 6.34. The summed E-state index contributed by atoms with van der Waals surface area (Å²) in [7, 11) is 2.03. The molecule has 1 atom stereocenters. The number of ether oxygens (including phenoxy) is 1. The third-order valence-electron chi connectivity index (χ3n) is 4.73. The fourth-order valence-corrected chi connectivity index (χ4v) is 3.84. The molecule has 0 spiro atoms. The molecule has 1 unspecified atom stereocenters. The Morgan fingerprint density at radius 1 is 1.24 bits per heavy atom. The lowest BCUT2D eigenvalue weighted by Crippen LogP contribution is -2.45. The van der Waals surface area contributed by atoms with Gasteiger partial charge < -0.3 is 10.1 Å². The van der Waals surface area contributed by atoms with Gasteiger partial charge in [0.25, 0.3) is 0 Å². The van der Waals surface area contributed by atoms with Crippen LogP contribution in [0.5, 0.6) is 0 Å². The molecule has 3 heteroatoms. The van der Waals surface area contributed by atoms with Crippen LogP contribution in [0.4, 0.5) is 0 Å². The quantitative estimate of drug-likeness (QED) is 0.769. The van der Waals surface area contributed by atoms with E-state index in [1.54, 1.807) is 0 Å². The first-order valence-corrected chi connectivity index (χ1v) is 8.58. The summed E-state index contributed by atoms with van der Waals surface area (Å²) in [5, 5.41) is 4.35. The highest BCUT2D eigenvalue weighted by Crippen LogP contribution is 2.41. The average Bonchev–Trinajstić information content (AvgIpc) is 2.70. The summed E-state index contributed by atoms with van der Waals surface area (Å²) in [6, 6.07) is 6.60. The van der Waals surface area contributed by atoms with E-state index in [1.807, 2.05) is 14.0 Å². The van der Waals surface area contributed by atoms with Crippen molar-refractivity contribution in [3.63, 3.8) is 0 Å². The molecule has 2 nitrogen and oxygen atoms in total. The van der Waals surface area contributed by atoms with Gasteiger partial charge in [-0.3, -0.25) is 0 Å². The fourth-order valence-electron chi connectivity index (χ4n) is 3.65. The number of benzene rings is 1. The van der Waals surface area contributed by atoms with Crippen molar-refractivity contribution < 1.29 is 4.74 Å². The van der Waals surface area contributed by atoms with Crippen LogP contribution in [-0.2, 0) is 4.74 Å². The van der Waals surface area contributed by atoms with E-state index in [0.29, 0.717) is 0 Å². The summed E-state index contributed by atoms with van der Waals surface area (Å²) in [6.07, 6.45) is 7.38. The van der Waals surface area contributed by atoms with Crippen LogP contribution in [-0.4, -0.2) is 19.3 Å². The van der Waals surface area contributed by atoms with Crippen molar-refractivity contribution >= 4 is 11.6 Å². The number of likely N-dealkylation sites (N-methyl/N-ethyl adjacent to an activating group) is 1. The lowest BCUT2D eigenvalue weighted by atomic mass is 9.82. The first-order chi connectivity index (χ1) is 10.1. The van der Waals surface area contributed by atoms with Crippen LogP contribution in [0.2, 0.25) is 5.02 Å². The molecule has 1 saturated carbocycles. The highest BCUT2D eigenvalue weighted by molar-refractivity contribution is 6.31. The molecule has 1 aliphatic rings. The zero-order valence-electron chi connectivity index (χ0n) is 13.5. The fraction of sp³-hybridized carbons (Fsp3) is 0.667. The number of hydrogen-bond donors (Lipinski definition) is 1. The van der Waals surface area contributed by atoms with E-state index in [0.717, 1.165) is 30.0 Å². The van der Waals surface area contributed by atoms with Crippen molar-refractivity contribution in [3.8, 4) is 0 Å². The molecule has 0 amide bonds. The number of halogens is 1. The zero-order valence-corrected chi connectivity index (χ0v) is 14.3. The number of aryl methyl sites for hydroxylation is 1. The molecule has 1 aromatic rings. The third kappa shape index (κ3) is 3.80. The summed E-state index contributed by atoms with van der Waals surface area (Å²) in [6.45, 7) is 4.91. The summed E-state index contributed by atoms with van der Waals surface area (Å²) < 4.78 is 6.32.